The number of aryl methyl sites for hydroxylation is 1. The maximum Gasteiger partial charge on any atom is 0.129 e. The molecule has 0 amide bonds. The zero-order valence-corrected chi connectivity index (χ0v) is 11.9. The molecule has 2 fully saturated rings. The maximum atomic E-state index is 5.73. The fraction of sp³-hybridized carbons (Fsp3) is 0.667. The summed E-state index contributed by atoms with van der Waals surface area (Å²) in [6.45, 7) is 3.10. The van der Waals surface area contributed by atoms with Gasteiger partial charge in [-0.3, -0.25) is 0 Å². The minimum atomic E-state index is 0.736. The predicted molar refractivity (Wildman–Crippen MR) is 79.2 cm³/mol. The first-order valence-corrected chi connectivity index (χ1v) is 7.31. The van der Waals surface area contributed by atoms with E-state index < -0.39 is 0 Å². The Morgan fingerprint density at radius 3 is 2.68 bits per heavy atom. The Bertz CT molecular complexity index is 445. The van der Waals surface area contributed by atoms with Crippen LogP contribution in [-0.2, 0) is 0 Å². The van der Waals surface area contributed by atoms with E-state index in [4.69, 9.17) is 5.73 Å². The van der Waals surface area contributed by atoms with E-state index in [1.165, 1.54) is 25.7 Å². The molecule has 0 radical (unpaired) electrons. The second-order valence-corrected chi connectivity index (χ2v) is 6.20. The minimum absolute atomic E-state index is 0.736. The SMILES string of the molecule is Cc1cc(N)cnc1NCC1CC2CCC(C1)N2C. The van der Waals surface area contributed by atoms with Crippen LogP contribution in [0.4, 0.5) is 11.5 Å². The van der Waals surface area contributed by atoms with Gasteiger partial charge in [-0.15, -0.1) is 0 Å². The van der Waals surface area contributed by atoms with Gasteiger partial charge in [0, 0.05) is 18.6 Å². The summed E-state index contributed by atoms with van der Waals surface area (Å²) in [5.74, 6) is 1.77. The molecule has 2 aliphatic heterocycles. The number of nitrogens with two attached hydrogens (primary N) is 1. The maximum absolute atomic E-state index is 5.73. The number of hydrogen-bond acceptors (Lipinski definition) is 4. The highest BCUT2D eigenvalue weighted by molar-refractivity contribution is 5.50. The van der Waals surface area contributed by atoms with Crippen molar-refractivity contribution in [2.75, 3.05) is 24.6 Å². The molecule has 1 aromatic rings. The molecule has 0 saturated carbocycles. The molecule has 0 aromatic carbocycles. The van der Waals surface area contributed by atoms with E-state index in [9.17, 15) is 0 Å². The molecule has 104 valence electrons. The molecular weight excluding hydrogens is 236 g/mol. The standard InChI is InChI=1S/C15H24N4/c1-10-5-12(16)9-18-15(10)17-8-11-6-13-3-4-14(7-11)19(13)2/h5,9,11,13-14H,3-4,6-8,16H2,1-2H3,(H,17,18). The number of nitrogens with one attached hydrogen (secondary N) is 1. The summed E-state index contributed by atoms with van der Waals surface area (Å²) in [6.07, 6.45) is 7.16. The van der Waals surface area contributed by atoms with Crippen LogP contribution in [0.2, 0.25) is 0 Å². The van der Waals surface area contributed by atoms with Crippen molar-refractivity contribution in [3.63, 3.8) is 0 Å². The van der Waals surface area contributed by atoms with Gasteiger partial charge in [0.05, 0.1) is 11.9 Å². The number of anilines is 2. The van der Waals surface area contributed by atoms with Crippen LogP contribution in [0.5, 0.6) is 0 Å². The molecule has 1 aromatic heterocycles. The van der Waals surface area contributed by atoms with E-state index in [0.29, 0.717) is 0 Å². The molecule has 3 N–H and O–H groups in total. The quantitative estimate of drug-likeness (QED) is 0.875. The Labute approximate surface area is 115 Å². The Kier molecular flexibility index (Phi) is 3.35. The van der Waals surface area contributed by atoms with E-state index in [1.54, 1.807) is 6.20 Å². The fourth-order valence-electron chi connectivity index (χ4n) is 3.71. The zero-order chi connectivity index (χ0) is 13.4. The Hall–Kier alpha value is -1.29. The van der Waals surface area contributed by atoms with Crippen LogP contribution in [0.25, 0.3) is 0 Å². The zero-order valence-electron chi connectivity index (χ0n) is 11.9. The molecule has 3 heterocycles. The molecule has 2 bridgehead atoms. The van der Waals surface area contributed by atoms with Gasteiger partial charge in [0.15, 0.2) is 0 Å². The normalized spacial score (nSPS) is 30.5. The molecule has 0 spiro atoms. The number of pyridine rings is 1. The molecule has 2 aliphatic rings. The van der Waals surface area contributed by atoms with Crippen molar-refractivity contribution in [3.05, 3.63) is 17.8 Å². The first kappa shape index (κ1) is 12.7. The molecule has 2 unspecified atom stereocenters. The van der Waals surface area contributed by atoms with Crippen molar-refractivity contribution < 1.29 is 0 Å². The predicted octanol–water partition coefficient (Wildman–Crippen LogP) is 2.26. The monoisotopic (exact) mass is 260 g/mol. The third kappa shape index (κ3) is 2.54. The first-order chi connectivity index (χ1) is 9.13. The molecule has 19 heavy (non-hydrogen) atoms. The van der Waals surface area contributed by atoms with Crippen molar-refractivity contribution in [1.29, 1.82) is 0 Å². The van der Waals surface area contributed by atoms with Crippen molar-refractivity contribution in [1.82, 2.24) is 9.88 Å². The number of hydrogen-bond donors (Lipinski definition) is 2. The number of rotatable bonds is 3. The van der Waals surface area contributed by atoms with Crippen molar-refractivity contribution in [2.24, 2.45) is 5.92 Å². The second-order valence-electron chi connectivity index (χ2n) is 6.20. The van der Waals surface area contributed by atoms with Crippen LogP contribution in [-0.4, -0.2) is 35.6 Å². The largest absolute Gasteiger partial charge is 0.397 e. The van der Waals surface area contributed by atoms with Crippen LogP contribution >= 0.6 is 0 Å². The van der Waals surface area contributed by atoms with E-state index in [-0.39, 0.29) is 0 Å². The van der Waals surface area contributed by atoms with Gasteiger partial charge in [0.25, 0.3) is 0 Å². The summed E-state index contributed by atoms with van der Waals surface area (Å²) in [4.78, 5) is 6.97. The number of nitrogen functional groups attached to an aromatic ring is 1. The van der Waals surface area contributed by atoms with E-state index in [0.717, 1.165) is 41.6 Å². The van der Waals surface area contributed by atoms with Crippen LogP contribution in [0.3, 0.4) is 0 Å². The van der Waals surface area contributed by atoms with Crippen LogP contribution in [0, 0.1) is 12.8 Å². The second kappa shape index (κ2) is 5.00. The average Bonchev–Trinajstić information content (AvgIpc) is 2.62. The molecule has 0 aliphatic carbocycles. The van der Waals surface area contributed by atoms with Gasteiger partial charge < -0.3 is 16.0 Å². The minimum Gasteiger partial charge on any atom is -0.397 e. The average molecular weight is 260 g/mol. The molecular formula is C15H24N4. The Morgan fingerprint density at radius 1 is 1.37 bits per heavy atom. The van der Waals surface area contributed by atoms with Gasteiger partial charge in [-0.1, -0.05) is 0 Å². The summed E-state index contributed by atoms with van der Waals surface area (Å²) in [7, 11) is 2.29. The van der Waals surface area contributed by atoms with Gasteiger partial charge in [0.2, 0.25) is 0 Å². The number of piperidine rings is 1. The third-order valence-corrected chi connectivity index (χ3v) is 4.85. The lowest BCUT2D eigenvalue weighted by Crippen LogP contribution is -2.41. The van der Waals surface area contributed by atoms with E-state index in [1.807, 2.05) is 6.07 Å². The summed E-state index contributed by atoms with van der Waals surface area (Å²) < 4.78 is 0. The highest BCUT2D eigenvalue weighted by Crippen LogP contribution is 2.37. The number of aromatic nitrogens is 1. The van der Waals surface area contributed by atoms with Crippen LogP contribution < -0.4 is 11.1 Å². The summed E-state index contributed by atoms with van der Waals surface area (Å²) in [6, 6.07) is 3.60. The fourth-order valence-corrected chi connectivity index (χ4v) is 3.71. The van der Waals surface area contributed by atoms with Crippen molar-refractivity contribution >= 4 is 11.5 Å². The summed E-state index contributed by atoms with van der Waals surface area (Å²) in [5, 5.41) is 3.51. The van der Waals surface area contributed by atoms with Gasteiger partial charge in [-0.25, -0.2) is 4.98 Å². The third-order valence-electron chi connectivity index (χ3n) is 4.85. The number of fused-ring (bicyclic) bond motifs is 2. The van der Waals surface area contributed by atoms with Gasteiger partial charge in [-0.2, -0.15) is 0 Å². The van der Waals surface area contributed by atoms with E-state index in [2.05, 4.69) is 29.2 Å². The lowest BCUT2D eigenvalue weighted by Gasteiger charge is -2.36. The van der Waals surface area contributed by atoms with Crippen molar-refractivity contribution in [2.45, 2.75) is 44.7 Å². The Morgan fingerprint density at radius 2 is 2.05 bits per heavy atom. The lowest BCUT2D eigenvalue weighted by atomic mass is 9.91. The Balaban J connectivity index is 1.58. The molecule has 4 heteroatoms. The van der Waals surface area contributed by atoms with E-state index >= 15 is 0 Å². The summed E-state index contributed by atoms with van der Waals surface area (Å²) >= 11 is 0. The highest BCUT2D eigenvalue weighted by Gasteiger charge is 2.38. The smallest absolute Gasteiger partial charge is 0.129 e. The van der Waals surface area contributed by atoms with Gasteiger partial charge in [-0.05, 0) is 57.2 Å². The van der Waals surface area contributed by atoms with Gasteiger partial charge >= 0.3 is 0 Å². The van der Waals surface area contributed by atoms with Gasteiger partial charge in [0.1, 0.15) is 5.82 Å². The molecule has 4 nitrogen and oxygen atoms in total. The molecule has 2 saturated heterocycles. The van der Waals surface area contributed by atoms with Crippen LogP contribution in [0.1, 0.15) is 31.2 Å². The van der Waals surface area contributed by atoms with Crippen LogP contribution in [0.15, 0.2) is 12.3 Å². The number of nitrogens with zero attached hydrogens (tertiary/aromatic N) is 2. The molecule has 3 rings (SSSR count). The topological polar surface area (TPSA) is 54.2 Å². The first-order valence-electron chi connectivity index (χ1n) is 7.31. The molecule has 2 atom stereocenters. The van der Waals surface area contributed by atoms with Crippen molar-refractivity contribution in [3.8, 4) is 0 Å². The highest BCUT2D eigenvalue weighted by atomic mass is 15.2. The summed E-state index contributed by atoms with van der Waals surface area (Å²) in [5.41, 5.74) is 7.60. The lowest BCUT2D eigenvalue weighted by molar-refractivity contribution is 0.139.